The van der Waals surface area contributed by atoms with Crippen molar-refractivity contribution >= 4 is 22.6 Å². The molecule has 0 unspecified atom stereocenters. The lowest BCUT2D eigenvalue weighted by Crippen LogP contribution is -2.24. The second-order valence-electron chi connectivity index (χ2n) is 5.29. The predicted octanol–water partition coefficient (Wildman–Crippen LogP) is 1.61. The van der Waals surface area contributed by atoms with E-state index in [0.717, 1.165) is 32.0 Å². The number of carbonyl (C=O) groups is 1. The number of nitrogens with one attached hydrogen (secondary N) is 1. The van der Waals surface area contributed by atoms with Gasteiger partial charge < -0.3 is 15.4 Å². The fourth-order valence-corrected chi connectivity index (χ4v) is 2.87. The van der Waals surface area contributed by atoms with Crippen LogP contribution in [0.25, 0.3) is 10.9 Å². The highest BCUT2D eigenvalue weighted by Crippen LogP contribution is 2.27. The van der Waals surface area contributed by atoms with Crippen molar-refractivity contribution in [2.75, 3.05) is 30.5 Å². The minimum atomic E-state index is -1.33. The van der Waals surface area contributed by atoms with Crippen LogP contribution in [0.2, 0.25) is 0 Å². The van der Waals surface area contributed by atoms with E-state index in [2.05, 4.69) is 5.43 Å². The van der Waals surface area contributed by atoms with Gasteiger partial charge in [-0.15, -0.1) is 0 Å². The number of aromatic carboxylic acids is 1. The topological polar surface area (TPSA) is 74.6 Å². The molecule has 116 valence electrons. The number of hydrogen-bond acceptors (Lipinski definition) is 4. The van der Waals surface area contributed by atoms with E-state index in [1.807, 2.05) is 4.90 Å². The highest BCUT2D eigenvalue weighted by atomic mass is 19.1. The zero-order valence-corrected chi connectivity index (χ0v) is 12.1. The van der Waals surface area contributed by atoms with Gasteiger partial charge in [0.1, 0.15) is 11.4 Å². The summed E-state index contributed by atoms with van der Waals surface area (Å²) in [4.78, 5) is 25.3. The van der Waals surface area contributed by atoms with Crippen molar-refractivity contribution in [1.29, 1.82) is 0 Å². The number of halogens is 1. The van der Waals surface area contributed by atoms with Crippen LogP contribution in [0.3, 0.4) is 0 Å². The summed E-state index contributed by atoms with van der Waals surface area (Å²) >= 11 is 0. The summed E-state index contributed by atoms with van der Waals surface area (Å²) in [5.41, 5.74) is 2.63. The molecular formula is C15H16FN3O3. The van der Waals surface area contributed by atoms with Crippen LogP contribution in [0.4, 0.5) is 10.1 Å². The van der Waals surface area contributed by atoms with Gasteiger partial charge in [0, 0.05) is 26.3 Å². The minimum Gasteiger partial charge on any atom is -0.477 e. The van der Waals surface area contributed by atoms with E-state index in [9.17, 15) is 14.0 Å². The summed E-state index contributed by atoms with van der Waals surface area (Å²) in [6.45, 7) is 1.55. The lowest BCUT2D eigenvalue weighted by atomic mass is 10.1. The fraction of sp³-hybridized carbons (Fsp3) is 0.333. The molecule has 3 rings (SSSR count). The molecule has 0 spiro atoms. The van der Waals surface area contributed by atoms with E-state index in [0.29, 0.717) is 11.2 Å². The second kappa shape index (κ2) is 5.32. The summed E-state index contributed by atoms with van der Waals surface area (Å²) in [5.74, 6) is -1.84. The van der Waals surface area contributed by atoms with Gasteiger partial charge in [-0.1, -0.05) is 0 Å². The third kappa shape index (κ3) is 2.18. The van der Waals surface area contributed by atoms with Gasteiger partial charge in [0.25, 0.3) is 0 Å². The van der Waals surface area contributed by atoms with Crippen molar-refractivity contribution in [3.8, 4) is 0 Å². The molecule has 1 fully saturated rings. The lowest BCUT2D eigenvalue weighted by Gasteiger charge is -2.20. The first-order valence-corrected chi connectivity index (χ1v) is 7.08. The van der Waals surface area contributed by atoms with Crippen molar-refractivity contribution in [1.82, 2.24) is 4.68 Å². The van der Waals surface area contributed by atoms with Crippen LogP contribution in [0.15, 0.2) is 23.1 Å². The molecule has 0 radical (unpaired) electrons. The van der Waals surface area contributed by atoms with Gasteiger partial charge in [0.2, 0.25) is 5.43 Å². The zero-order valence-electron chi connectivity index (χ0n) is 12.1. The molecule has 1 aromatic carbocycles. The first-order chi connectivity index (χ1) is 10.5. The van der Waals surface area contributed by atoms with Gasteiger partial charge in [-0.3, -0.25) is 9.47 Å². The Hall–Kier alpha value is -2.57. The van der Waals surface area contributed by atoms with Crippen LogP contribution in [-0.4, -0.2) is 35.9 Å². The summed E-state index contributed by atoms with van der Waals surface area (Å²) in [6.07, 6.45) is 3.24. The quantitative estimate of drug-likeness (QED) is 0.901. The molecular weight excluding hydrogens is 289 g/mol. The third-order valence-corrected chi connectivity index (χ3v) is 3.99. The van der Waals surface area contributed by atoms with Crippen LogP contribution < -0.4 is 15.8 Å². The number of aromatic nitrogens is 1. The number of carboxylic acids is 1. The molecule has 7 heteroatoms. The Morgan fingerprint density at radius 2 is 2.00 bits per heavy atom. The van der Waals surface area contributed by atoms with Crippen LogP contribution in [0, 0.1) is 5.82 Å². The van der Waals surface area contributed by atoms with Gasteiger partial charge in [-0.25, -0.2) is 9.18 Å². The SMILES string of the molecule is CNn1cc(C(=O)O)c(=O)c2cc(F)c(N3CCCC3)cc21. The maximum Gasteiger partial charge on any atom is 0.341 e. The predicted molar refractivity (Wildman–Crippen MR) is 81.9 cm³/mol. The van der Waals surface area contributed by atoms with Gasteiger partial charge in [0.05, 0.1) is 16.6 Å². The minimum absolute atomic E-state index is 0.0506. The van der Waals surface area contributed by atoms with E-state index < -0.39 is 22.8 Å². The van der Waals surface area contributed by atoms with Crippen molar-refractivity contribution in [3.63, 3.8) is 0 Å². The molecule has 0 bridgehead atoms. The number of benzene rings is 1. The Morgan fingerprint density at radius 3 is 2.59 bits per heavy atom. The lowest BCUT2D eigenvalue weighted by molar-refractivity contribution is 0.0695. The summed E-state index contributed by atoms with van der Waals surface area (Å²) < 4.78 is 15.8. The smallest absolute Gasteiger partial charge is 0.341 e. The summed E-state index contributed by atoms with van der Waals surface area (Å²) in [5, 5.41) is 9.15. The molecule has 0 amide bonds. The molecule has 1 aliphatic heterocycles. The molecule has 1 saturated heterocycles. The highest BCUT2D eigenvalue weighted by Gasteiger charge is 2.20. The highest BCUT2D eigenvalue weighted by molar-refractivity contribution is 5.93. The maximum absolute atomic E-state index is 14.4. The van der Waals surface area contributed by atoms with E-state index in [1.165, 1.54) is 10.9 Å². The standard InChI is InChI=1S/C15H16FN3O3/c1-17-19-8-10(15(21)22)14(20)9-6-11(16)13(7-12(9)19)18-4-2-3-5-18/h6-8,17H,2-5H2,1H3,(H,21,22). The number of hydrogen-bond donors (Lipinski definition) is 2. The molecule has 2 N–H and O–H groups in total. The van der Waals surface area contributed by atoms with Gasteiger partial charge in [0.15, 0.2) is 0 Å². The number of anilines is 1. The average Bonchev–Trinajstić information content (AvgIpc) is 3.01. The van der Waals surface area contributed by atoms with Gasteiger partial charge in [-0.05, 0) is 25.0 Å². The van der Waals surface area contributed by atoms with E-state index >= 15 is 0 Å². The normalized spacial score (nSPS) is 14.5. The van der Waals surface area contributed by atoms with Gasteiger partial charge in [-0.2, -0.15) is 0 Å². The second-order valence-corrected chi connectivity index (χ2v) is 5.29. The molecule has 2 aromatic rings. The number of nitrogens with zero attached hydrogens (tertiary/aromatic N) is 2. The van der Waals surface area contributed by atoms with Crippen molar-refractivity contribution in [2.24, 2.45) is 0 Å². The van der Waals surface area contributed by atoms with Crippen LogP contribution >= 0.6 is 0 Å². The average molecular weight is 305 g/mol. The van der Waals surface area contributed by atoms with E-state index in [4.69, 9.17) is 5.11 Å². The van der Waals surface area contributed by atoms with E-state index in [1.54, 1.807) is 13.1 Å². The third-order valence-electron chi connectivity index (χ3n) is 3.99. The largest absolute Gasteiger partial charge is 0.477 e. The maximum atomic E-state index is 14.4. The molecule has 6 nitrogen and oxygen atoms in total. The molecule has 0 atom stereocenters. The zero-order chi connectivity index (χ0) is 15.9. The molecule has 2 heterocycles. The summed E-state index contributed by atoms with van der Waals surface area (Å²) in [7, 11) is 1.61. The monoisotopic (exact) mass is 305 g/mol. The Morgan fingerprint density at radius 1 is 1.32 bits per heavy atom. The Kier molecular flexibility index (Phi) is 3.48. The van der Waals surface area contributed by atoms with Crippen molar-refractivity contribution in [2.45, 2.75) is 12.8 Å². The van der Waals surface area contributed by atoms with Crippen molar-refractivity contribution in [3.05, 3.63) is 39.9 Å². The molecule has 0 saturated carbocycles. The van der Waals surface area contributed by atoms with Crippen LogP contribution in [-0.2, 0) is 0 Å². The Labute approximate surface area is 125 Å². The van der Waals surface area contributed by atoms with Crippen LogP contribution in [0.5, 0.6) is 0 Å². The van der Waals surface area contributed by atoms with Crippen LogP contribution in [0.1, 0.15) is 23.2 Å². The molecule has 1 aliphatic rings. The summed E-state index contributed by atoms with van der Waals surface area (Å²) in [6, 6.07) is 2.73. The fourth-order valence-electron chi connectivity index (χ4n) is 2.87. The Bertz CT molecular complexity index is 810. The first kappa shape index (κ1) is 14.4. The van der Waals surface area contributed by atoms with E-state index in [-0.39, 0.29) is 5.39 Å². The molecule has 22 heavy (non-hydrogen) atoms. The van der Waals surface area contributed by atoms with Gasteiger partial charge >= 0.3 is 5.97 Å². The molecule has 1 aromatic heterocycles. The first-order valence-electron chi connectivity index (χ1n) is 7.08. The Balaban J connectivity index is 2.30. The number of rotatable bonds is 3. The number of carboxylic acid groups (broad SMARTS) is 1. The molecule has 0 aliphatic carbocycles. The number of pyridine rings is 1. The number of fused-ring (bicyclic) bond motifs is 1. The van der Waals surface area contributed by atoms with Crippen molar-refractivity contribution < 1.29 is 14.3 Å².